The third-order valence-electron chi connectivity index (χ3n) is 4.89. The topological polar surface area (TPSA) is 159 Å². The SMILES string of the molecule is Nc1nc(COC(=O)c2cc([N+](=O)[O-])ccc2N2CCOCC2)nc(Nc2ccc(F)cc2)n1. The van der Waals surface area contributed by atoms with Crippen molar-refractivity contribution in [2.75, 3.05) is 42.3 Å². The number of benzene rings is 2. The van der Waals surface area contributed by atoms with Gasteiger partial charge in [-0.25, -0.2) is 9.18 Å². The highest BCUT2D eigenvalue weighted by Crippen LogP contribution is 2.27. The molecule has 0 spiro atoms. The number of anilines is 4. The third-order valence-corrected chi connectivity index (χ3v) is 4.89. The molecule has 1 aliphatic rings. The molecular formula is C21H20FN7O5. The molecule has 1 saturated heterocycles. The molecule has 1 fully saturated rings. The lowest BCUT2D eigenvalue weighted by Crippen LogP contribution is -2.37. The number of rotatable bonds is 7. The second-order valence-corrected chi connectivity index (χ2v) is 7.20. The Balaban J connectivity index is 1.52. The highest BCUT2D eigenvalue weighted by molar-refractivity contribution is 5.96. The molecule has 34 heavy (non-hydrogen) atoms. The second-order valence-electron chi connectivity index (χ2n) is 7.20. The van der Waals surface area contributed by atoms with Crippen LogP contribution < -0.4 is 16.0 Å². The average Bonchev–Trinajstić information content (AvgIpc) is 2.84. The van der Waals surface area contributed by atoms with Gasteiger partial charge in [-0.05, 0) is 30.3 Å². The van der Waals surface area contributed by atoms with Gasteiger partial charge in [0.25, 0.3) is 5.69 Å². The number of carbonyl (C=O) groups is 1. The molecule has 0 aliphatic carbocycles. The summed E-state index contributed by atoms with van der Waals surface area (Å²) in [5.74, 6) is -1.16. The van der Waals surface area contributed by atoms with E-state index in [1.807, 2.05) is 4.90 Å². The number of nitrogens with one attached hydrogen (secondary N) is 1. The Bertz CT molecular complexity index is 1200. The molecule has 4 rings (SSSR count). The summed E-state index contributed by atoms with van der Waals surface area (Å²) in [5, 5.41) is 14.1. The van der Waals surface area contributed by atoms with E-state index in [1.165, 1.54) is 42.5 Å². The molecule has 1 aromatic heterocycles. The molecule has 0 unspecified atom stereocenters. The molecule has 0 radical (unpaired) electrons. The smallest absolute Gasteiger partial charge is 0.340 e. The maximum atomic E-state index is 13.1. The van der Waals surface area contributed by atoms with Crippen molar-refractivity contribution < 1.29 is 23.6 Å². The molecule has 13 heteroatoms. The summed E-state index contributed by atoms with van der Waals surface area (Å²) < 4.78 is 23.8. The number of esters is 1. The van der Waals surface area contributed by atoms with Crippen molar-refractivity contribution >= 4 is 34.9 Å². The minimum atomic E-state index is -0.780. The standard InChI is InChI=1S/C21H20FN7O5/c22-13-1-3-14(4-2-13)24-21-26-18(25-20(23)27-21)12-34-19(30)16-11-15(29(31)32)5-6-17(16)28-7-9-33-10-8-28/h1-6,11H,7-10,12H2,(H3,23,24,25,26,27). The Morgan fingerprint density at radius 2 is 1.91 bits per heavy atom. The third kappa shape index (κ3) is 5.50. The number of hydrogen-bond donors (Lipinski definition) is 2. The minimum absolute atomic E-state index is 0.0442. The van der Waals surface area contributed by atoms with Gasteiger partial charge in [0.2, 0.25) is 11.9 Å². The van der Waals surface area contributed by atoms with E-state index in [-0.39, 0.29) is 35.6 Å². The molecule has 2 aromatic carbocycles. The number of nitrogens with zero attached hydrogens (tertiary/aromatic N) is 5. The molecule has 176 valence electrons. The van der Waals surface area contributed by atoms with E-state index in [1.54, 1.807) is 0 Å². The normalized spacial score (nSPS) is 13.4. The number of nitrogen functional groups attached to an aromatic ring is 1. The summed E-state index contributed by atoms with van der Waals surface area (Å²) in [6.45, 7) is 1.65. The van der Waals surface area contributed by atoms with Crippen LogP contribution in [0.2, 0.25) is 0 Å². The predicted molar refractivity (Wildman–Crippen MR) is 119 cm³/mol. The van der Waals surface area contributed by atoms with Crippen molar-refractivity contribution in [2.45, 2.75) is 6.61 Å². The number of morpholine rings is 1. The first-order chi connectivity index (χ1) is 16.4. The zero-order chi connectivity index (χ0) is 24.1. The Morgan fingerprint density at radius 3 is 2.62 bits per heavy atom. The van der Waals surface area contributed by atoms with Crippen molar-refractivity contribution in [3.8, 4) is 0 Å². The van der Waals surface area contributed by atoms with Crippen LogP contribution in [-0.4, -0.2) is 52.1 Å². The lowest BCUT2D eigenvalue weighted by Gasteiger charge is -2.30. The maximum Gasteiger partial charge on any atom is 0.340 e. The Labute approximate surface area is 192 Å². The quantitative estimate of drug-likeness (QED) is 0.297. The zero-order valence-electron chi connectivity index (χ0n) is 17.8. The molecule has 0 bridgehead atoms. The number of carbonyl (C=O) groups excluding carboxylic acids is 1. The minimum Gasteiger partial charge on any atom is -0.454 e. The second kappa shape index (κ2) is 10.0. The van der Waals surface area contributed by atoms with Crippen molar-refractivity contribution in [3.63, 3.8) is 0 Å². The highest BCUT2D eigenvalue weighted by Gasteiger charge is 2.23. The fraction of sp³-hybridized carbons (Fsp3) is 0.238. The fourth-order valence-corrected chi connectivity index (χ4v) is 3.31. The molecule has 12 nitrogen and oxygen atoms in total. The van der Waals surface area contributed by atoms with E-state index in [0.717, 1.165) is 0 Å². The Morgan fingerprint density at radius 1 is 1.18 bits per heavy atom. The summed E-state index contributed by atoms with van der Waals surface area (Å²) in [7, 11) is 0. The van der Waals surface area contributed by atoms with Gasteiger partial charge in [-0.3, -0.25) is 10.1 Å². The molecule has 0 saturated carbocycles. The van der Waals surface area contributed by atoms with Crippen molar-refractivity contribution in [2.24, 2.45) is 0 Å². The fourth-order valence-electron chi connectivity index (χ4n) is 3.31. The van der Waals surface area contributed by atoms with Crippen LogP contribution in [-0.2, 0) is 16.1 Å². The number of nitro benzene ring substituents is 1. The van der Waals surface area contributed by atoms with E-state index in [2.05, 4.69) is 20.3 Å². The van der Waals surface area contributed by atoms with Gasteiger partial charge < -0.3 is 25.4 Å². The van der Waals surface area contributed by atoms with Gasteiger partial charge >= 0.3 is 5.97 Å². The lowest BCUT2D eigenvalue weighted by atomic mass is 10.1. The van der Waals surface area contributed by atoms with E-state index >= 15 is 0 Å². The molecule has 3 aromatic rings. The number of aromatic nitrogens is 3. The zero-order valence-corrected chi connectivity index (χ0v) is 17.8. The highest BCUT2D eigenvalue weighted by atomic mass is 19.1. The molecule has 0 atom stereocenters. The largest absolute Gasteiger partial charge is 0.454 e. The van der Waals surface area contributed by atoms with Crippen LogP contribution >= 0.6 is 0 Å². The van der Waals surface area contributed by atoms with Crippen LogP contribution in [0.4, 0.5) is 33.3 Å². The molecule has 2 heterocycles. The summed E-state index contributed by atoms with van der Waals surface area (Å²) in [4.78, 5) is 37.5. The van der Waals surface area contributed by atoms with Gasteiger partial charge in [0.15, 0.2) is 12.4 Å². The maximum absolute atomic E-state index is 13.1. The molecule has 3 N–H and O–H groups in total. The lowest BCUT2D eigenvalue weighted by molar-refractivity contribution is -0.384. The van der Waals surface area contributed by atoms with Gasteiger partial charge in [0, 0.05) is 30.9 Å². The molecular weight excluding hydrogens is 449 g/mol. The monoisotopic (exact) mass is 469 g/mol. The van der Waals surface area contributed by atoms with Crippen LogP contribution in [0, 0.1) is 15.9 Å². The van der Waals surface area contributed by atoms with Gasteiger partial charge in [0.1, 0.15) is 5.82 Å². The average molecular weight is 469 g/mol. The number of halogens is 1. The van der Waals surface area contributed by atoms with Crippen LogP contribution in [0.25, 0.3) is 0 Å². The van der Waals surface area contributed by atoms with E-state index in [9.17, 15) is 19.3 Å². The van der Waals surface area contributed by atoms with Crippen molar-refractivity contribution in [3.05, 3.63) is 69.8 Å². The summed E-state index contributed by atoms with van der Waals surface area (Å²) in [6, 6.07) is 9.54. The summed E-state index contributed by atoms with van der Waals surface area (Å²) >= 11 is 0. The van der Waals surface area contributed by atoms with Crippen molar-refractivity contribution in [1.29, 1.82) is 0 Å². The number of nitro groups is 1. The number of ether oxygens (including phenoxy) is 2. The van der Waals surface area contributed by atoms with E-state index in [4.69, 9.17) is 15.2 Å². The van der Waals surface area contributed by atoms with Crippen LogP contribution in [0.3, 0.4) is 0 Å². The Hall–Kier alpha value is -4.39. The first-order valence-electron chi connectivity index (χ1n) is 10.2. The first-order valence-corrected chi connectivity index (χ1v) is 10.2. The molecule has 0 amide bonds. The number of nitrogens with two attached hydrogens (primary N) is 1. The van der Waals surface area contributed by atoms with Crippen LogP contribution in [0.5, 0.6) is 0 Å². The van der Waals surface area contributed by atoms with E-state index < -0.39 is 16.7 Å². The number of hydrogen-bond acceptors (Lipinski definition) is 11. The summed E-state index contributed by atoms with van der Waals surface area (Å²) in [6.07, 6.45) is 0. The van der Waals surface area contributed by atoms with E-state index in [0.29, 0.717) is 37.7 Å². The Kier molecular flexibility index (Phi) is 6.73. The van der Waals surface area contributed by atoms with Crippen LogP contribution in [0.1, 0.15) is 16.2 Å². The first kappa shape index (κ1) is 22.8. The molecule has 1 aliphatic heterocycles. The summed E-state index contributed by atoms with van der Waals surface area (Å²) in [5.41, 5.74) is 6.56. The van der Waals surface area contributed by atoms with Crippen LogP contribution in [0.15, 0.2) is 42.5 Å². The van der Waals surface area contributed by atoms with Gasteiger partial charge in [-0.1, -0.05) is 0 Å². The number of non-ortho nitro benzene ring substituents is 1. The van der Waals surface area contributed by atoms with Gasteiger partial charge in [-0.2, -0.15) is 15.0 Å². The van der Waals surface area contributed by atoms with Gasteiger partial charge in [-0.15, -0.1) is 0 Å². The van der Waals surface area contributed by atoms with Crippen molar-refractivity contribution in [1.82, 2.24) is 15.0 Å². The predicted octanol–water partition coefficient (Wildman–Crippen LogP) is 2.44. The van der Waals surface area contributed by atoms with Gasteiger partial charge in [0.05, 0.1) is 29.4 Å².